The van der Waals surface area contributed by atoms with Crippen molar-refractivity contribution in [3.8, 4) is 5.75 Å². The van der Waals surface area contributed by atoms with Crippen LogP contribution in [0.3, 0.4) is 0 Å². The first kappa shape index (κ1) is 14.4. The molecule has 0 saturated heterocycles. The average Bonchev–Trinajstić information content (AvgIpc) is 2.95. The number of benzene rings is 1. The first-order chi connectivity index (χ1) is 10.2. The summed E-state index contributed by atoms with van der Waals surface area (Å²) in [5, 5.41) is 12.7. The molecule has 3 rings (SSSR count). The van der Waals surface area contributed by atoms with Crippen LogP contribution in [0.25, 0.3) is 0 Å². The third-order valence-electron chi connectivity index (χ3n) is 4.72. The minimum Gasteiger partial charge on any atom is -0.493 e. The van der Waals surface area contributed by atoms with E-state index in [2.05, 4.69) is 17.4 Å². The smallest absolute Gasteiger partial charge is 0.306 e. The fourth-order valence-electron chi connectivity index (χ4n) is 3.53. The van der Waals surface area contributed by atoms with Gasteiger partial charge in [0.25, 0.3) is 0 Å². The number of ether oxygens (including phenoxy) is 1. The third kappa shape index (κ3) is 3.38. The fourth-order valence-corrected chi connectivity index (χ4v) is 3.53. The van der Waals surface area contributed by atoms with Gasteiger partial charge in [-0.15, -0.1) is 0 Å². The second kappa shape index (κ2) is 6.48. The minimum atomic E-state index is -0.629. The van der Waals surface area contributed by atoms with Crippen molar-refractivity contribution in [1.82, 2.24) is 5.32 Å². The molecule has 2 N–H and O–H groups in total. The van der Waals surface area contributed by atoms with Gasteiger partial charge in [0.2, 0.25) is 0 Å². The highest BCUT2D eigenvalue weighted by molar-refractivity contribution is 5.70. The Morgan fingerprint density at radius 3 is 3.05 bits per heavy atom. The van der Waals surface area contributed by atoms with Crippen molar-refractivity contribution in [3.63, 3.8) is 0 Å². The normalized spacial score (nSPS) is 24.4. The summed E-state index contributed by atoms with van der Waals surface area (Å²) in [7, 11) is 0. The molecule has 1 heterocycles. The second-order valence-corrected chi connectivity index (χ2v) is 6.16. The zero-order valence-corrected chi connectivity index (χ0v) is 12.3. The molecule has 0 radical (unpaired) electrons. The molecular formula is C17H23NO3. The van der Waals surface area contributed by atoms with Crippen LogP contribution in [0.1, 0.15) is 36.8 Å². The summed E-state index contributed by atoms with van der Waals surface area (Å²) < 4.78 is 5.51. The van der Waals surface area contributed by atoms with Gasteiger partial charge in [-0.25, -0.2) is 0 Å². The molecule has 2 atom stereocenters. The Morgan fingerprint density at radius 2 is 2.19 bits per heavy atom. The molecule has 114 valence electrons. The number of carbonyl (C=O) groups is 1. The number of rotatable bonds is 5. The van der Waals surface area contributed by atoms with Crippen LogP contribution >= 0.6 is 0 Å². The van der Waals surface area contributed by atoms with E-state index in [9.17, 15) is 9.90 Å². The monoisotopic (exact) mass is 289 g/mol. The molecule has 2 unspecified atom stereocenters. The van der Waals surface area contributed by atoms with Gasteiger partial charge in [-0.1, -0.05) is 25.0 Å². The largest absolute Gasteiger partial charge is 0.493 e. The zero-order valence-electron chi connectivity index (χ0n) is 12.3. The van der Waals surface area contributed by atoms with Gasteiger partial charge in [0.1, 0.15) is 5.75 Å². The van der Waals surface area contributed by atoms with Gasteiger partial charge in [-0.05, 0) is 42.5 Å². The molecule has 21 heavy (non-hydrogen) atoms. The Balaban J connectivity index is 1.52. The van der Waals surface area contributed by atoms with Gasteiger partial charge in [-0.2, -0.15) is 0 Å². The Bertz CT molecular complexity index is 515. The summed E-state index contributed by atoms with van der Waals surface area (Å²) in [6, 6.07) is 6.33. The first-order valence-electron chi connectivity index (χ1n) is 7.92. The molecule has 4 heteroatoms. The molecule has 1 aromatic carbocycles. The van der Waals surface area contributed by atoms with Crippen LogP contribution < -0.4 is 10.1 Å². The molecule has 1 aliphatic carbocycles. The fraction of sp³-hybridized carbons (Fsp3) is 0.588. The van der Waals surface area contributed by atoms with E-state index in [1.165, 1.54) is 11.1 Å². The van der Waals surface area contributed by atoms with E-state index >= 15 is 0 Å². The number of hydrogen-bond acceptors (Lipinski definition) is 3. The van der Waals surface area contributed by atoms with Gasteiger partial charge >= 0.3 is 5.97 Å². The van der Waals surface area contributed by atoms with E-state index in [1.807, 2.05) is 6.07 Å². The molecule has 1 aliphatic heterocycles. The van der Waals surface area contributed by atoms with E-state index in [-0.39, 0.29) is 11.8 Å². The van der Waals surface area contributed by atoms with Gasteiger partial charge < -0.3 is 15.2 Å². The minimum absolute atomic E-state index is 0.167. The molecule has 1 fully saturated rings. The van der Waals surface area contributed by atoms with Crippen LogP contribution in [0, 0.1) is 11.8 Å². The number of carboxylic acids is 1. The Hall–Kier alpha value is -1.55. The molecule has 1 saturated carbocycles. The third-order valence-corrected chi connectivity index (χ3v) is 4.72. The molecule has 0 bridgehead atoms. The van der Waals surface area contributed by atoms with Gasteiger partial charge in [0, 0.05) is 13.0 Å². The highest BCUT2D eigenvalue weighted by Crippen LogP contribution is 2.30. The van der Waals surface area contributed by atoms with Crippen molar-refractivity contribution in [2.24, 2.45) is 11.8 Å². The number of hydrogen-bond donors (Lipinski definition) is 2. The van der Waals surface area contributed by atoms with E-state index in [4.69, 9.17) is 4.74 Å². The highest BCUT2D eigenvalue weighted by atomic mass is 16.5. The summed E-state index contributed by atoms with van der Waals surface area (Å²) in [5.41, 5.74) is 2.54. The van der Waals surface area contributed by atoms with Crippen molar-refractivity contribution >= 4 is 5.97 Å². The highest BCUT2D eigenvalue weighted by Gasteiger charge is 2.30. The summed E-state index contributed by atoms with van der Waals surface area (Å²) in [5.74, 6) is 0.488. The van der Waals surface area contributed by atoms with Crippen molar-refractivity contribution in [1.29, 1.82) is 0 Å². The van der Waals surface area contributed by atoms with Crippen LogP contribution in [0.15, 0.2) is 18.2 Å². The number of aliphatic carboxylic acids is 1. The lowest BCUT2D eigenvalue weighted by atomic mass is 9.79. The predicted molar refractivity (Wildman–Crippen MR) is 80.4 cm³/mol. The number of carboxylic acid groups (broad SMARTS) is 1. The van der Waals surface area contributed by atoms with Gasteiger partial charge in [-0.3, -0.25) is 4.79 Å². The Morgan fingerprint density at radius 1 is 1.33 bits per heavy atom. The van der Waals surface area contributed by atoms with Gasteiger partial charge in [0.15, 0.2) is 0 Å². The summed E-state index contributed by atoms with van der Waals surface area (Å²) >= 11 is 0. The van der Waals surface area contributed by atoms with Crippen molar-refractivity contribution < 1.29 is 14.6 Å². The van der Waals surface area contributed by atoms with Crippen LogP contribution in [-0.2, 0) is 17.8 Å². The summed E-state index contributed by atoms with van der Waals surface area (Å²) in [6.45, 7) is 2.38. The van der Waals surface area contributed by atoms with Crippen LogP contribution in [-0.4, -0.2) is 24.2 Å². The average molecular weight is 289 g/mol. The van der Waals surface area contributed by atoms with Crippen LogP contribution in [0.2, 0.25) is 0 Å². The maximum Gasteiger partial charge on any atom is 0.306 e. The standard InChI is InChI=1S/C17H23NO3/c19-17(20)15-4-2-1-3-14(15)11-18-10-12-5-6-16-13(9-12)7-8-21-16/h5-6,9,14-15,18H,1-4,7-8,10-11H2,(H,19,20). The second-order valence-electron chi connectivity index (χ2n) is 6.16. The lowest BCUT2D eigenvalue weighted by Crippen LogP contribution is -2.34. The first-order valence-corrected chi connectivity index (χ1v) is 7.92. The molecule has 1 aromatic rings. The predicted octanol–water partition coefficient (Wildman–Crippen LogP) is 2.60. The Kier molecular flexibility index (Phi) is 4.44. The molecule has 4 nitrogen and oxygen atoms in total. The van der Waals surface area contributed by atoms with Crippen molar-refractivity contribution in [2.45, 2.75) is 38.6 Å². The summed E-state index contributed by atoms with van der Waals surface area (Å²) in [4.78, 5) is 11.3. The topological polar surface area (TPSA) is 58.6 Å². The quantitative estimate of drug-likeness (QED) is 0.875. The van der Waals surface area contributed by atoms with Crippen molar-refractivity contribution in [2.75, 3.05) is 13.2 Å². The molecule has 0 spiro atoms. The zero-order chi connectivity index (χ0) is 14.7. The maximum absolute atomic E-state index is 11.3. The van der Waals surface area contributed by atoms with Crippen LogP contribution in [0.4, 0.5) is 0 Å². The van der Waals surface area contributed by atoms with Crippen molar-refractivity contribution in [3.05, 3.63) is 29.3 Å². The van der Waals surface area contributed by atoms with E-state index in [0.29, 0.717) is 0 Å². The maximum atomic E-state index is 11.3. The van der Waals surface area contributed by atoms with E-state index in [1.54, 1.807) is 0 Å². The van der Waals surface area contributed by atoms with E-state index in [0.717, 1.165) is 57.6 Å². The Labute approximate surface area is 125 Å². The van der Waals surface area contributed by atoms with Crippen LogP contribution in [0.5, 0.6) is 5.75 Å². The molecule has 2 aliphatic rings. The van der Waals surface area contributed by atoms with E-state index < -0.39 is 5.97 Å². The lowest BCUT2D eigenvalue weighted by molar-refractivity contribution is -0.144. The van der Waals surface area contributed by atoms with Gasteiger partial charge in [0.05, 0.1) is 12.5 Å². The number of fused-ring (bicyclic) bond motifs is 1. The number of nitrogens with one attached hydrogen (secondary N) is 1. The molecule has 0 aromatic heterocycles. The molecular weight excluding hydrogens is 266 g/mol. The molecule has 0 amide bonds. The lowest BCUT2D eigenvalue weighted by Gasteiger charge is -2.28. The summed E-state index contributed by atoms with van der Waals surface area (Å²) in [6.07, 6.45) is 5.07. The SMILES string of the molecule is O=C(O)C1CCCCC1CNCc1ccc2c(c1)CCO2.